The molecule has 1 aromatic carbocycles. The lowest BCUT2D eigenvalue weighted by Gasteiger charge is -2.12. The summed E-state index contributed by atoms with van der Waals surface area (Å²) in [5, 5.41) is 2.56. The number of hydrogen-bond acceptors (Lipinski definition) is 3. The van der Waals surface area contributed by atoms with Crippen molar-refractivity contribution in [3.63, 3.8) is 0 Å². The van der Waals surface area contributed by atoms with Crippen molar-refractivity contribution in [3.8, 4) is 0 Å². The summed E-state index contributed by atoms with van der Waals surface area (Å²) in [4.78, 5) is 28.1. The van der Waals surface area contributed by atoms with Gasteiger partial charge in [0.15, 0.2) is 0 Å². The summed E-state index contributed by atoms with van der Waals surface area (Å²) in [6.07, 6.45) is 1.16. The van der Waals surface area contributed by atoms with Crippen molar-refractivity contribution in [1.29, 1.82) is 0 Å². The van der Waals surface area contributed by atoms with Crippen LogP contribution in [-0.4, -0.2) is 23.5 Å². The molecular weight excluding hydrogens is 458 g/mol. The van der Waals surface area contributed by atoms with Crippen LogP contribution in [0.25, 0.3) is 11.0 Å². The number of allylic oxidation sites excluding steroid dienone is 1. The van der Waals surface area contributed by atoms with E-state index in [-0.39, 0.29) is 11.9 Å². The number of carbonyl (C=O) groups excluding carboxylic acids is 2. The van der Waals surface area contributed by atoms with Crippen LogP contribution in [0.15, 0.2) is 36.9 Å². The van der Waals surface area contributed by atoms with Crippen molar-refractivity contribution in [2.24, 2.45) is 0 Å². The second kappa shape index (κ2) is 5.79. The molecule has 2 rings (SSSR count). The number of amides is 1. The van der Waals surface area contributed by atoms with Crippen molar-refractivity contribution < 1.29 is 9.59 Å². The molecular formula is C12H8Br3N3O2. The average Bonchev–Trinajstić information content (AvgIpc) is 2.74. The van der Waals surface area contributed by atoms with Crippen LogP contribution in [0.4, 0.5) is 5.95 Å². The highest BCUT2D eigenvalue weighted by Gasteiger charge is 2.30. The van der Waals surface area contributed by atoms with Gasteiger partial charge in [0.05, 0.1) is 11.0 Å². The predicted octanol–water partition coefficient (Wildman–Crippen LogP) is 3.64. The standard InChI is InChI=1S/C12H8Br3N3O2/c1-2-9(19)18-8-6-4-3-5-7(8)16-11(18)17-10(20)12(13,14)15/h2-6H,1H2,(H,16,17,20). The molecule has 0 saturated carbocycles. The zero-order valence-electron chi connectivity index (χ0n) is 9.94. The lowest BCUT2D eigenvalue weighted by molar-refractivity contribution is -0.114. The number of anilines is 1. The molecule has 2 aromatic rings. The Bertz CT molecular complexity index is 704. The summed E-state index contributed by atoms with van der Waals surface area (Å²) in [5.41, 5.74) is 1.19. The fraction of sp³-hybridized carbons (Fsp3) is 0.0833. The Morgan fingerprint density at radius 3 is 2.55 bits per heavy atom. The summed E-state index contributed by atoms with van der Waals surface area (Å²) in [7, 11) is 0. The number of benzene rings is 1. The maximum atomic E-state index is 12.0. The van der Waals surface area contributed by atoms with Crippen LogP contribution in [0.1, 0.15) is 4.79 Å². The zero-order chi connectivity index (χ0) is 14.9. The third kappa shape index (κ3) is 3.02. The van der Waals surface area contributed by atoms with Crippen molar-refractivity contribution >= 4 is 76.6 Å². The zero-order valence-corrected chi connectivity index (χ0v) is 14.7. The Labute approximate surface area is 139 Å². The molecule has 8 heteroatoms. The van der Waals surface area contributed by atoms with Gasteiger partial charge >= 0.3 is 0 Å². The average molecular weight is 466 g/mol. The quantitative estimate of drug-likeness (QED) is 0.544. The first-order chi connectivity index (χ1) is 9.34. The smallest absolute Gasteiger partial charge is 0.265 e. The molecule has 1 heterocycles. The molecule has 0 radical (unpaired) electrons. The summed E-state index contributed by atoms with van der Waals surface area (Å²) in [6, 6.07) is 7.07. The van der Waals surface area contributed by atoms with Crippen LogP contribution in [0.5, 0.6) is 0 Å². The van der Waals surface area contributed by atoms with E-state index in [1.54, 1.807) is 24.3 Å². The van der Waals surface area contributed by atoms with Gasteiger partial charge < -0.3 is 0 Å². The van der Waals surface area contributed by atoms with Crippen LogP contribution in [-0.2, 0) is 4.79 Å². The largest absolute Gasteiger partial charge is 0.293 e. The SMILES string of the molecule is C=CC(=O)n1c(NC(=O)C(Br)(Br)Br)nc2ccccc21. The summed E-state index contributed by atoms with van der Waals surface area (Å²) in [5.74, 6) is -0.701. The highest BCUT2D eigenvalue weighted by molar-refractivity contribution is 9.40. The molecule has 0 bridgehead atoms. The first kappa shape index (κ1) is 15.4. The number of nitrogens with zero attached hydrogens (tertiary/aromatic N) is 2. The van der Waals surface area contributed by atoms with E-state index >= 15 is 0 Å². The van der Waals surface area contributed by atoms with E-state index in [0.717, 1.165) is 6.08 Å². The van der Waals surface area contributed by atoms with Crippen LogP contribution < -0.4 is 5.32 Å². The summed E-state index contributed by atoms with van der Waals surface area (Å²) in [6.45, 7) is 3.45. The number of rotatable bonds is 2. The van der Waals surface area contributed by atoms with E-state index < -0.39 is 8.05 Å². The second-order valence-electron chi connectivity index (χ2n) is 3.75. The number of para-hydroxylation sites is 2. The van der Waals surface area contributed by atoms with E-state index in [1.165, 1.54) is 4.57 Å². The summed E-state index contributed by atoms with van der Waals surface area (Å²) < 4.78 is 0.159. The van der Waals surface area contributed by atoms with E-state index in [2.05, 4.69) is 64.7 Å². The minimum absolute atomic E-state index is 0.129. The Balaban J connectivity index is 2.55. The molecule has 20 heavy (non-hydrogen) atoms. The minimum atomic E-state index is -1.13. The molecule has 5 nitrogen and oxygen atoms in total. The fourth-order valence-electron chi connectivity index (χ4n) is 1.60. The van der Waals surface area contributed by atoms with Gasteiger partial charge in [-0.2, -0.15) is 0 Å². The number of imidazole rings is 1. The second-order valence-corrected chi connectivity index (χ2v) is 10.5. The summed E-state index contributed by atoms with van der Waals surface area (Å²) >= 11 is 9.31. The molecule has 0 spiro atoms. The van der Waals surface area contributed by atoms with E-state index in [4.69, 9.17) is 0 Å². The number of fused-ring (bicyclic) bond motifs is 1. The van der Waals surface area contributed by atoms with E-state index in [0.29, 0.717) is 11.0 Å². The van der Waals surface area contributed by atoms with Crippen molar-refractivity contribution in [1.82, 2.24) is 9.55 Å². The van der Waals surface area contributed by atoms with Gasteiger partial charge in [-0.3, -0.25) is 14.9 Å². The molecule has 0 unspecified atom stereocenters. The topological polar surface area (TPSA) is 64.0 Å². The van der Waals surface area contributed by atoms with Crippen molar-refractivity contribution in [2.45, 2.75) is 2.14 Å². The number of aromatic nitrogens is 2. The molecule has 0 saturated heterocycles. The van der Waals surface area contributed by atoms with Gasteiger partial charge in [0.2, 0.25) is 8.09 Å². The first-order valence-electron chi connectivity index (χ1n) is 5.37. The third-order valence-electron chi connectivity index (χ3n) is 2.44. The van der Waals surface area contributed by atoms with Gasteiger partial charge in [0.1, 0.15) is 0 Å². The third-order valence-corrected chi connectivity index (χ3v) is 3.52. The van der Waals surface area contributed by atoms with Gasteiger partial charge in [-0.1, -0.05) is 18.7 Å². The molecule has 0 aliphatic carbocycles. The molecule has 1 aromatic heterocycles. The van der Waals surface area contributed by atoms with Crippen LogP contribution >= 0.6 is 47.8 Å². The number of carbonyl (C=O) groups is 2. The number of alkyl halides is 3. The number of halogens is 3. The molecule has 0 fully saturated rings. The lowest BCUT2D eigenvalue weighted by Crippen LogP contribution is -2.28. The van der Waals surface area contributed by atoms with Crippen molar-refractivity contribution in [2.75, 3.05) is 5.32 Å². The molecule has 0 atom stereocenters. The van der Waals surface area contributed by atoms with Gasteiger partial charge in [0, 0.05) is 0 Å². The van der Waals surface area contributed by atoms with E-state index in [1.807, 2.05) is 0 Å². The molecule has 0 aliphatic heterocycles. The highest BCUT2D eigenvalue weighted by atomic mass is 80.0. The van der Waals surface area contributed by atoms with Crippen LogP contribution in [0, 0.1) is 0 Å². The van der Waals surface area contributed by atoms with E-state index in [9.17, 15) is 9.59 Å². The Kier molecular flexibility index (Phi) is 4.46. The highest BCUT2D eigenvalue weighted by Crippen LogP contribution is 2.34. The van der Waals surface area contributed by atoms with Crippen LogP contribution in [0.2, 0.25) is 0 Å². The number of nitrogens with one attached hydrogen (secondary N) is 1. The maximum absolute atomic E-state index is 12.0. The monoisotopic (exact) mass is 463 g/mol. The lowest BCUT2D eigenvalue weighted by atomic mass is 10.3. The van der Waals surface area contributed by atoms with Crippen molar-refractivity contribution in [3.05, 3.63) is 36.9 Å². The Hall–Kier alpha value is -0.990. The molecule has 0 aliphatic rings. The Morgan fingerprint density at radius 2 is 1.95 bits per heavy atom. The van der Waals surface area contributed by atoms with Gasteiger partial charge in [-0.25, -0.2) is 9.55 Å². The fourth-order valence-corrected chi connectivity index (χ4v) is 1.89. The first-order valence-corrected chi connectivity index (χ1v) is 7.75. The van der Waals surface area contributed by atoms with Gasteiger partial charge in [-0.05, 0) is 66.0 Å². The maximum Gasteiger partial charge on any atom is 0.265 e. The predicted molar refractivity (Wildman–Crippen MR) is 88.7 cm³/mol. The van der Waals surface area contributed by atoms with Gasteiger partial charge in [0.25, 0.3) is 11.8 Å². The normalized spacial score (nSPS) is 11.3. The molecule has 1 amide bonds. The molecule has 104 valence electrons. The minimum Gasteiger partial charge on any atom is -0.293 e. The van der Waals surface area contributed by atoms with Gasteiger partial charge in [-0.15, -0.1) is 0 Å². The van der Waals surface area contributed by atoms with Crippen LogP contribution in [0.3, 0.4) is 0 Å². The Morgan fingerprint density at radius 1 is 1.30 bits per heavy atom. The number of hydrogen-bond donors (Lipinski definition) is 1. The molecule has 1 N–H and O–H groups in total.